The summed E-state index contributed by atoms with van der Waals surface area (Å²) in [6.45, 7) is 4.93. The summed E-state index contributed by atoms with van der Waals surface area (Å²) in [5, 5.41) is 6.73. The van der Waals surface area contributed by atoms with Crippen LogP contribution in [-0.2, 0) is 11.2 Å². The van der Waals surface area contributed by atoms with E-state index in [0.717, 1.165) is 43.5 Å². The fourth-order valence-electron chi connectivity index (χ4n) is 3.48. The lowest BCUT2D eigenvalue weighted by molar-refractivity contribution is 0.150. The van der Waals surface area contributed by atoms with Crippen molar-refractivity contribution in [2.75, 3.05) is 46.4 Å². The van der Waals surface area contributed by atoms with Crippen molar-refractivity contribution in [2.45, 2.75) is 31.7 Å². The summed E-state index contributed by atoms with van der Waals surface area (Å²) in [5.41, 5.74) is 0. The normalized spacial score (nSPS) is 16.8. The molecular formula is C21H32N4O3. The van der Waals surface area contributed by atoms with Crippen LogP contribution in [0.5, 0.6) is 0 Å². The van der Waals surface area contributed by atoms with E-state index in [1.165, 1.54) is 19.3 Å². The van der Waals surface area contributed by atoms with Gasteiger partial charge in [0.05, 0.1) is 31.7 Å². The van der Waals surface area contributed by atoms with Gasteiger partial charge in [-0.15, -0.1) is 0 Å². The molecule has 1 aliphatic heterocycles. The molecule has 28 heavy (non-hydrogen) atoms. The Bertz CT molecular complexity index is 664. The van der Waals surface area contributed by atoms with Crippen LogP contribution in [0.25, 0.3) is 0 Å². The van der Waals surface area contributed by atoms with E-state index >= 15 is 0 Å². The van der Waals surface area contributed by atoms with Gasteiger partial charge in [0.2, 0.25) is 0 Å². The molecule has 2 aromatic rings. The van der Waals surface area contributed by atoms with Crippen molar-refractivity contribution in [2.24, 2.45) is 4.99 Å². The molecule has 1 aliphatic rings. The number of hydrogen-bond donors (Lipinski definition) is 2. The van der Waals surface area contributed by atoms with Gasteiger partial charge in [0, 0.05) is 26.6 Å². The Morgan fingerprint density at radius 1 is 1.11 bits per heavy atom. The number of nitrogens with one attached hydrogen (secondary N) is 2. The van der Waals surface area contributed by atoms with Gasteiger partial charge >= 0.3 is 0 Å². The second-order valence-corrected chi connectivity index (χ2v) is 6.99. The molecular weight excluding hydrogens is 356 g/mol. The minimum Gasteiger partial charge on any atom is -0.469 e. The molecule has 0 spiro atoms. The third-order valence-corrected chi connectivity index (χ3v) is 4.97. The van der Waals surface area contributed by atoms with Crippen LogP contribution < -0.4 is 10.6 Å². The Morgan fingerprint density at radius 3 is 2.61 bits per heavy atom. The lowest BCUT2D eigenvalue weighted by Gasteiger charge is -2.32. The molecule has 1 atom stereocenters. The molecule has 7 heteroatoms. The van der Waals surface area contributed by atoms with Crippen LogP contribution in [0, 0.1) is 0 Å². The smallest absolute Gasteiger partial charge is 0.191 e. The van der Waals surface area contributed by atoms with E-state index in [2.05, 4.69) is 21.6 Å². The number of aliphatic imine (C=N–C) groups is 1. The number of ether oxygens (including phenoxy) is 1. The highest BCUT2D eigenvalue weighted by molar-refractivity contribution is 5.79. The summed E-state index contributed by atoms with van der Waals surface area (Å²) in [6, 6.07) is 8.07. The Hall–Kier alpha value is -2.25. The first-order valence-corrected chi connectivity index (χ1v) is 10.2. The topological polar surface area (TPSA) is 75.2 Å². The number of rotatable bonds is 10. The monoisotopic (exact) mass is 388 g/mol. The second kappa shape index (κ2) is 11.6. The molecule has 154 valence electrons. The predicted octanol–water partition coefficient (Wildman–Crippen LogP) is 2.82. The number of piperidine rings is 1. The predicted molar refractivity (Wildman–Crippen MR) is 109 cm³/mol. The molecule has 2 aromatic heterocycles. The fourth-order valence-corrected chi connectivity index (χ4v) is 3.48. The van der Waals surface area contributed by atoms with Crippen molar-refractivity contribution < 1.29 is 13.6 Å². The summed E-state index contributed by atoms with van der Waals surface area (Å²) in [4.78, 5) is 7.34. The van der Waals surface area contributed by atoms with E-state index in [1.54, 1.807) is 19.6 Å². The first-order valence-electron chi connectivity index (χ1n) is 10.2. The SMILES string of the molecule is COCCNC(=NCC(c1ccco1)N1CCCCC1)NCCc1ccco1. The van der Waals surface area contributed by atoms with Crippen molar-refractivity contribution in [1.29, 1.82) is 0 Å². The van der Waals surface area contributed by atoms with Gasteiger partial charge in [0.15, 0.2) is 5.96 Å². The zero-order valence-corrected chi connectivity index (χ0v) is 16.7. The summed E-state index contributed by atoms with van der Waals surface area (Å²) in [5.74, 6) is 2.74. The number of guanidine groups is 1. The zero-order valence-electron chi connectivity index (χ0n) is 16.7. The van der Waals surface area contributed by atoms with Crippen LogP contribution in [0.4, 0.5) is 0 Å². The molecule has 3 heterocycles. The molecule has 1 unspecified atom stereocenters. The van der Waals surface area contributed by atoms with Crippen molar-refractivity contribution in [1.82, 2.24) is 15.5 Å². The minimum absolute atomic E-state index is 0.168. The molecule has 7 nitrogen and oxygen atoms in total. The van der Waals surface area contributed by atoms with Gasteiger partial charge in [-0.05, 0) is 50.2 Å². The van der Waals surface area contributed by atoms with Crippen LogP contribution >= 0.6 is 0 Å². The quantitative estimate of drug-likeness (QED) is 0.370. The van der Waals surface area contributed by atoms with E-state index in [9.17, 15) is 0 Å². The Morgan fingerprint density at radius 2 is 1.89 bits per heavy atom. The maximum atomic E-state index is 5.73. The van der Waals surface area contributed by atoms with Gasteiger partial charge in [-0.2, -0.15) is 0 Å². The van der Waals surface area contributed by atoms with Crippen molar-refractivity contribution >= 4 is 5.96 Å². The minimum atomic E-state index is 0.168. The van der Waals surface area contributed by atoms with Crippen molar-refractivity contribution in [3.05, 3.63) is 48.3 Å². The van der Waals surface area contributed by atoms with E-state index < -0.39 is 0 Å². The fraction of sp³-hybridized carbons (Fsp3) is 0.571. The zero-order chi connectivity index (χ0) is 19.4. The van der Waals surface area contributed by atoms with E-state index in [0.29, 0.717) is 19.7 Å². The van der Waals surface area contributed by atoms with E-state index in [4.69, 9.17) is 18.6 Å². The first-order chi connectivity index (χ1) is 13.9. The van der Waals surface area contributed by atoms with Crippen LogP contribution in [0.15, 0.2) is 50.6 Å². The number of hydrogen-bond acceptors (Lipinski definition) is 5. The number of likely N-dealkylation sites (tertiary alicyclic amines) is 1. The van der Waals surface area contributed by atoms with Crippen LogP contribution in [0.1, 0.15) is 36.8 Å². The highest BCUT2D eigenvalue weighted by atomic mass is 16.5. The number of furan rings is 2. The number of methoxy groups -OCH3 is 1. The molecule has 0 aromatic carbocycles. The lowest BCUT2D eigenvalue weighted by atomic mass is 10.1. The van der Waals surface area contributed by atoms with Gasteiger partial charge < -0.3 is 24.2 Å². The van der Waals surface area contributed by atoms with Crippen LogP contribution in [-0.4, -0.2) is 57.3 Å². The Balaban J connectivity index is 1.61. The van der Waals surface area contributed by atoms with Gasteiger partial charge in [-0.1, -0.05) is 6.42 Å². The van der Waals surface area contributed by atoms with Gasteiger partial charge in [0.1, 0.15) is 11.5 Å². The van der Waals surface area contributed by atoms with Crippen molar-refractivity contribution in [3.8, 4) is 0 Å². The van der Waals surface area contributed by atoms with Gasteiger partial charge in [-0.3, -0.25) is 9.89 Å². The third kappa shape index (κ3) is 6.42. The average Bonchev–Trinajstić information content (AvgIpc) is 3.43. The van der Waals surface area contributed by atoms with Gasteiger partial charge in [-0.25, -0.2) is 0 Å². The highest BCUT2D eigenvalue weighted by Crippen LogP contribution is 2.25. The molecule has 0 amide bonds. The summed E-state index contributed by atoms with van der Waals surface area (Å²) >= 11 is 0. The average molecular weight is 389 g/mol. The molecule has 0 saturated carbocycles. The molecule has 0 aliphatic carbocycles. The maximum Gasteiger partial charge on any atom is 0.191 e. The largest absolute Gasteiger partial charge is 0.469 e. The molecule has 1 fully saturated rings. The standard InChI is InChI=1S/C21H32N4O3/c1-26-16-11-23-21(22-10-9-18-7-5-14-27-18)24-17-19(20-8-6-15-28-20)25-12-3-2-4-13-25/h5-8,14-15,19H,2-4,9-13,16-17H2,1H3,(H2,22,23,24). The lowest BCUT2D eigenvalue weighted by Crippen LogP contribution is -2.41. The van der Waals surface area contributed by atoms with Crippen LogP contribution in [0.2, 0.25) is 0 Å². The summed E-state index contributed by atoms with van der Waals surface area (Å²) in [7, 11) is 1.70. The first kappa shape index (κ1) is 20.5. The highest BCUT2D eigenvalue weighted by Gasteiger charge is 2.24. The van der Waals surface area contributed by atoms with E-state index in [1.807, 2.05) is 18.2 Å². The third-order valence-electron chi connectivity index (χ3n) is 4.97. The molecule has 3 rings (SSSR count). The van der Waals surface area contributed by atoms with E-state index in [-0.39, 0.29) is 6.04 Å². The van der Waals surface area contributed by atoms with Crippen molar-refractivity contribution in [3.63, 3.8) is 0 Å². The summed E-state index contributed by atoms with van der Waals surface area (Å²) < 4.78 is 16.3. The molecule has 0 bridgehead atoms. The second-order valence-electron chi connectivity index (χ2n) is 6.99. The molecule has 1 saturated heterocycles. The molecule has 2 N–H and O–H groups in total. The number of nitrogens with zero attached hydrogens (tertiary/aromatic N) is 2. The van der Waals surface area contributed by atoms with Gasteiger partial charge in [0.25, 0.3) is 0 Å². The summed E-state index contributed by atoms with van der Waals surface area (Å²) in [6.07, 6.45) is 8.04. The molecule has 0 radical (unpaired) electrons. The van der Waals surface area contributed by atoms with Crippen LogP contribution in [0.3, 0.4) is 0 Å². The Kier molecular flexibility index (Phi) is 8.46. The Labute approximate surface area is 167 Å². The maximum absolute atomic E-state index is 5.73.